The van der Waals surface area contributed by atoms with E-state index in [1.54, 1.807) is 0 Å². The van der Waals surface area contributed by atoms with Crippen LogP contribution < -0.4 is 10.1 Å². The van der Waals surface area contributed by atoms with Crippen molar-refractivity contribution in [1.29, 1.82) is 0 Å². The topological polar surface area (TPSA) is 51.2 Å². The van der Waals surface area contributed by atoms with Crippen LogP contribution in [-0.2, 0) is 0 Å². The number of anilines is 1. The van der Waals surface area contributed by atoms with Crippen molar-refractivity contribution in [1.82, 2.24) is 4.98 Å². The van der Waals surface area contributed by atoms with Crippen molar-refractivity contribution in [2.24, 2.45) is 0 Å². The Hall–Kier alpha value is -1.99. The number of nitrogens with one attached hydrogen (secondary N) is 1. The molecule has 2 rings (SSSR count). The highest BCUT2D eigenvalue weighted by Gasteiger charge is 2.42. The summed E-state index contributed by atoms with van der Waals surface area (Å²) in [5.41, 5.74) is -3.11. The van der Waals surface area contributed by atoms with E-state index in [0.717, 1.165) is 6.07 Å². The Labute approximate surface area is 139 Å². The Morgan fingerprint density at radius 3 is 2.61 bits per heavy atom. The second kappa shape index (κ2) is 7.06. The smallest absolute Gasteiger partial charge is 0.427 e. The molecular formula is C14H9Cl2F3N2O2. The Kier molecular flexibility index (Phi) is 5.33. The number of alkyl halides is 4. The number of aromatic nitrogens is 1. The second-order valence-electron chi connectivity index (χ2n) is 4.26. The molecule has 0 bridgehead atoms. The molecule has 0 spiro atoms. The monoisotopic (exact) mass is 364 g/mol. The van der Waals surface area contributed by atoms with Crippen molar-refractivity contribution >= 4 is 34.8 Å². The lowest BCUT2D eigenvalue weighted by Gasteiger charge is -2.20. The van der Waals surface area contributed by atoms with Crippen LogP contribution in [0.15, 0.2) is 42.6 Å². The van der Waals surface area contributed by atoms with E-state index in [-0.39, 0.29) is 16.4 Å². The maximum Gasteiger partial charge on any atom is 0.444 e. The number of para-hydroxylation sites is 2. The van der Waals surface area contributed by atoms with E-state index in [2.05, 4.69) is 15.0 Å². The van der Waals surface area contributed by atoms with Gasteiger partial charge in [0.05, 0.1) is 11.3 Å². The number of benzene rings is 1. The molecule has 0 aliphatic carbocycles. The molecule has 1 aromatic carbocycles. The first kappa shape index (κ1) is 17.4. The summed E-state index contributed by atoms with van der Waals surface area (Å²) in [6, 6.07) is 8.17. The predicted molar refractivity (Wildman–Crippen MR) is 80.0 cm³/mol. The van der Waals surface area contributed by atoms with E-state index in [1.165, 1.54) is 36.5 Å². The molecule has 0 saturated heterocycles. The molecule has 1 unspecified atom stereocenters. The summed E-state index contributed by atoms with van der Waals surface area (Å²) in [7, 11) is 0. The van der Waals surface area contributed by atoms with E-state index in [1.807, 2.05) is 0 Å². The molecule has 0 fully saturated rings. The van der Waals surface area contributed by atoms with Crippen molar-refractivity contribution in [3.8, 4) is 5.75 Å². The molecule has 1 N–H and O–H groups in total. The fourth-order valence-corrected chi connectivity index (χ4v) is 1.84. The maximum absolute atomic E-state index is 13.3. The van der Waals surface area contributed by atoms with Gasteiger partial charge < -0.3 is 10.1 Å². The normalized spacial score (nSPS) is 12.6. The summed E-state index contributed by atoms with van der Waals surface area (Å²) in [6.45, 7) is 0. The van der Waals surface area contributed by atoms with Gasteiger partial charge in [-0.1, -0.05) is 35.3 Å². The molecule has 1 heterocycles. The Balaban J connectivity index is 2.24. The highest BCUT2D eigenvalue weighted by Crippen LogP contribution is 2.33. The van der Waals surface area contributed by atoms with Crippen LogP contribution in [0.25, 0.3) is 0 Å². The van der Waals surface area contributed by atoms with Gasteiger partial charge in [0.1, 0.15) is 10.9 Å². The largest absolute Gasteiger partial charge is 0.444 e. The molecule has 1 amide bonds. The molecule has 122 valence electrons. The predicted octanol–water partition coefficient (Wildman–Crippen LogP) is 4.49. The standard InChI is InChI=1S/C14H9Cl2F3N2O2/c15-11-8(4-3-7-20-11)12(22)21-9-5-1-2-6-10(9)23-14(18,19)13(16)17/h1-7,13H,(H,21,22). The van der Waals surface area contributed by atoms with Crippen molar-refractivity contribution in [2.75, 3.05) is 5.32 Å². The van der Waals surface area contributed by atoms with Gasteiger partial charge in [0.2, 0.25) is 0 Å². The third-order valence-corrected chi connectivity index (χ3v) is 3.19. The Morgan fingerprint density at radius 2 is 1.96 bits per heavy atom. The summed E-state index contributed by atoms with van der Waals surface area (Å²) in [5.74, 6) is -1.14. The van der Waals surface area contributed by atoms with Gasteiger partial charge >= 0.3 is 6.11 Å². The van der Waals surface area contributed by atoms with Crippen LogP contribution in [0.5, 0.6) is 5.75 Å². The quantitative estimate of drug-likeness (QED) is 0.627. The summed E-state index contributed by atoms with van der Waals surface area (Å²) in [6.07, 6.45) is -2.87. The number of amides is 1. The number of carbonyl (C=O) groups excluding carboxylic acids is 1. The van der Waals surface area contributed by atoms with Gasteiger partial charge in [-0.15, -0.1) is 0 Å². The summed E-state index contributed by atoms with van der Waals surface area (Å²) < 4.78 is 43.4. The van der Waals surface area contributed by atoms with Gasteiger partial charge in [-0.2, -0.15) is 8.78 Å². The van der Waals surface area contributed by atoms with Crippen LogP contribution in [0.4, 0.5) is 18.9 Å². The molecule has 9 heteroatoms. The molecular weight excluding hydrogens is 356 g/mol. The minimum absolute atomic E-state index is 0.0384. The van der Waals surface area contributed by atoms with E-state index >= 15 is 0 Å². The highest BCUT2D eigenvalue weighted by molar-refractivity contribution is 6.33. The minimum Gasteiger partial charge on any atom is -0.427 e. The zero-order chi connectivity index (χ0) is 17.0. The minimum atomic E-state index is -4.26. The van der Waals surface area contributed by atoms with Crippen molar-refractivity contribution in [3.05, 3.63) is 53.3 Å². The summed E-state index contributed by atoms with van der Waals surface area (Å²) in [5, 5.41) is 2.28. The van der Waals surface area contributed by atoms with Crippen LogP contribution >= 0.6 is 23.2 Å². The SMILES string of the molecule is O=C(Nc1ccccc1OC(F)(F)C(F)Cl)c1cccnc1Cl. The van der Waals surface area contributed by atoms with Crippen LogP contribution in [0.2, 0.25) is 5.15 Å². The number of nitrogens with zero attached hydrogens (tertiary/aromatic N) is 1. The van der Waals surface area contributed by atoms with Crippen LogP contribution in [0, 0.1) is 0 Å². The summed E-state index contributed by atoms with van der Waals surface area (Å²) in [4.78, 5) is 15.8. The van der Waals surface area contributed by atoms with Gasteiger partial charge in [0.15, 0.2) is 0 Å². The third-order valence-electron chi connectivity index (χ3n) is 2.64. The van der Waals surface area contributed by atoms with Crippen LogP contribution in [0.1, 0.15) is 10.4 Å². The first-order chi connectivity index (χ1) is 10.8. The van der Waals surface area contributed by atoms with E-state index < -0.39 is 23.4 Å². The molecule has 1 aromatic heterocycles. The van der Waals surface area contributed by atoms with Gasteiger partial charge in [0.25, 0.3) is 11.5 Å². The zero-order valence-electron chi connectivity index (χ0n) is 11.3. The number of halogens is 5. The molecule has 4 nitrogen and oxygen atoms in total. The highest BCUT2D eigenvalue weighted by atomic mass is 35.5. The average Bonchev–Trinajstić information content (AvgIpc) is 2.49. The number of rotatable bonds is 5. The van der Waals surface area contributed by atoms with Crippen molar-refractivity contribution in [2.45, 2.75) is 11.7 Å². The number of ether oxygens (including phenoxy) is 1. The first-order valence-corrected chi connectivity index (χ1v) is 6.98. The number of hydrogen-bond donors (Lipinski definition) is 1. The Morgan fingerprint density at radius 1 is 1.26 bits per heavy atom. The lowest BCUT2D eigenvalue weighted by Crippen LogP contribution is -2.33. The van der Waals surface area contributed by atoms with Crippen LogP contribution in [0.3, 0.4) is 0 Å². The van der Waals surface area contributed by atoms with Gasteiger partial charge in [-0.3, -0.25) is 4.79 Å². The fourth-order valence-electron chi connectivity index (χ4n) is 1.60. The lowest BCUT2D eigenvalue weighted by molar-refractivity contribution is -0.198. The molecule has 2 aromatic rings. The number of hydrogen-bond acceptors (Lipinski definition) is 3. The number of pyridine rings is 1. The maximum atomic E-state index is 13.3. The van der Waals surface area contributed by atoms with Gasteiger partial charge in [-0.05, 0) is 24.3 Å². The van der Waals surface area contributed by atoms with Gasteiger partial charge in [0, 0.05) is 6.20 Å². The van der Waals surface area contributed by atoms with Gasteiger partial charge in [-0.25, -0.2) is 9.37 Å². The average molecular weight is 365 g/mol. The molecule has 0 aliphatic heterocycles. The molecule has 0 saturated carbocycles. The van der Waals surface area contributed by atoms with E-state index in [4.69, 9.17) is 23.2 Å². The van der Waals surface area contributed by atoms with Crippen molar-refractivity contribution in [3.63, 3.8) is 0 Å². The Bertz CT molecular complexity index is 714. The molecule has 0 aliphatic rings. The molecule has 23 heavy (non-hydrogen) atoms. The molecule has 0 radical (unpaired) electrons. The van der Waals surface area contributed by atoms with E-state index in [0.29, 0.717) is 0 Å². The van der Waals surface area contributed by atoms with E-state index in [9.17, 15) is 18.0 Å². The number of carbonyl (C=O) groups is 1. The third kappa shape index (κ3) is 4.27. The summed E-state index contributed by atoms with van der Waals surface area (Å²) >= 11 is 10.5. The first-order valence-electron chi connectivity index (χ1n) is 6.17. The fraction of sp³-hybridized carbons (Fsp3) is 0.143. The second-order valence-corrected chi connectivity index (χ2v) is 5.00. The lowest BCUT2D eigenvalue weighted by atomic mass is 10.2. The molecule has 1 atom stereocenters. The van der Waals surface area contributed by atoms with Crippen LogP contribution in [-0.4, -0.2) is 22.6 Å². The zero-order valence-corrected chi connectivity index (χ0v) is 12.8. The van der Waals surface area contributed by atoms with Crippen molar-refractivity contribution < 1.29 is 22.7 Å².